The van der Waals surface area contributed by atoms with E-state index in [9.17, 15) is 9.59 Å². The van der Waals surface area contributed by atoms with Gasteiger partial charge < -0.3 is 15.2 Å². The smallest absolute Gasteiger partial charge is 0.325 e. The number of carboxylic acid groups (broad SMARTS) is 1. The van der Waals surface area contributed by atoms with Crippen molar-refractivity contribution >= 4 is 39.8 Å². The van der Waals surface area contributed by atoms with Gasteiger partial charge in [0.1, 0.15) is 12.3 Å². The van der Waals surface area contributed by atoms with Gasteiger partial charge >= 0.3 is 5.97 Å². The fourth-order valence-electron chi connectivity index (χ4n) is 2.71. The van der Waals surface area contributed by atoms with Crippen LogP contribution in [0.3, 0.4) is 0 Å². The number of nitrogens with one attached hydrogen (secondary N) is 1. The van der Waals surface area contributed by atoms with Crippen molar-refractivity contribution in [1.82, 2.24) is 9.78 Å². The summed E-state index contributed by atoms with van der Waals surface area (Å²) in [7, 11) is 1.52. The molecule has 0 amide bonds. The third kappa shape index (κ3) is 3.89. The molecule has 9 heteroatoms. The molecule has 2 aromatic carbocycles. The van der Waals surface area contributed by atoms with Crippen LogP contribution in [0.1, 0.15) is 5.56 Å². The highest BCUT2D eigenvalue weighted by molar-refractivity contribution is 6.32. The summed E-state index contributed by atoms with van der Waals surface area (Å²) in [5.41, 5.74) is 0.644. The minimum absolute atomic E-state index is 0.277. The number of benzene rings is 2. The van der Waals surface area contributed by atoms with Gasteiger partial charge in [-0.15, -0.1) is 0 Å². The molecule has 0 aliphatic heterocycles. The highest BCUT2D eigenvalue weighted by Gasteiger charge is 2.13. The summed E-state index contributed by atoms with van der Waals surface area (Å²) in [6, 6.07) is 9.83. The van der Waals surface area contributed by atoms with Crippen molar-refractivity contribution in [1.29, 1.82) is 0 Å². The molecule has 1 aromatic heterocycles. The van der Waals surface area contributed by atoms with Crippen LogP contribution in [0.2, 0.25) is 5.02 Å². The zero-order chi connectivity index (χ0) is 20.3. The van der Waals surface area contributed by atoms with E-state index >= 15 is 0 Å². The molecule has 1 heterocycles. The molecule has 3 rings (SSSR count). The molecule has 0 radical (unpaired) electrons. The van der Waals surface area contributed by atoms with Crippen LogP contribution in [-0.2, 0) is 17.9 Å². The largest absolute Gasteiger partial charge is 0.495 e. The summed E-state index contributed by atoms with van der Waals surface area (Å²) in [6.45, 7) is 6.92. The predicted octanol–water partition coefficient (Wildman–Crippen LogP) is 3.31. The van der Waals surface area contributed by atoms with Gasteiger partial charge in [0.05, 0.1) is 18.7 Å². The Morgan fingerprint density at radius 1 is 1.32 bits per heavy atom. The van der Waals surface area contributed by atoms with E-state index in [0.29, 0.717) is 34.2 Å². The Morgan fingerprint density at radius 3 is 2.75 bits per heavy atom. The summed E-state index contributed by atoms with van der Waals surface area (Å²) >= 11 is 6.14. The van der Waals surface area contributed by atoms with Crippen LogP contribution in [0, 0.1) is 6.57 Å². The minimum Gasteiger partial charge on any atom is -0.495 e. The van der Waals surface area contributed by atoms with Gasteiger partial charge in [0.25, 0.3) is 5.56 Å². The first-order valence-corrected chi connectivity index (χ1v) is 8.51. The number of rotatable bonds is 6. The van der Waals surface area contributed by atoms with E-state index in [0.717, 1.165) is 10.2 Å². The van der Waals surface area contributed by atoms with E-state index in [1.807, 2.05) is 6.07 Å². The number of ether oxygens (including phenoxy) is 1. The molecule has 0 atom stereocenters. The van der Waals surface area contributed by atoms with Crippen LogP contribution in [0.4, 0.5) is 11.5 Å². The maximum atomic E-state index is 12.5. The molecule has 2 N–H and O–H groups in total. The first-order chi connectivity index (χ1) is 13.4. The van der Waals surface area contributed by atoms with Gasteiger partial charge in [-0.2, -0.15) is 5.10 Å². The van der Waals surface area contributed by atoms with Crippen LogP contribution in [0.5, 0.6) is 5.75 Å². The van der Waals surface area contributed by atoms with Crippen molar-refractivity contribution in [3.63, 3.8) is 0 Å². The monoisotopic (exact) mass is 398 g/mol. The SMILES string of the molecule is [C-]#[N+]c1ccc2c(=O)n(CC(=O)O)nc(NCc3ccc(OC)c(Cl)c3)c2c1. The van der Waals surface area contributed by atoms with Gasteiger partial charge in [-0.05, 0) is 23.8 Å². The van der Waals surface area contributed by atoms with Gasteiger partial charge in [-0.1, -0.05) is 29.8 Å². The number of carboxylic acids is 1. The van der Waals surface area contributed by atoms with Crippen molar-refractivity contribution in [2.75, 3.05) is 12.4 Å². The predicted molar refractivity (Wildman–Crippen MR) is 105 cm³/mol. The lowest BCUT2D eigenvalue weighted by Gasteiger charge is -2.13. The molecule has 0 aliphatic carbocycles. The zero-order valence-corrected chi connectivity index (χ0v) is 15.5. The molecule has 0 saturated carbocycles. The number of carbonyl (C=O) groups is 1. The molecule has 0 fully saturated rings. The third-order valence-corrected chi connectivity index (χ3v) is 4.33. The van der Waals surface area contributed by atoms with Crippen LogP contribution in [0.15, 0.2) is 41.2 Å². The fraction of sp³-hybridized carbons (Fsp3) is 0.158. The second kappa shape index (κ2) is 7.98. The Morgan fingerprint density at radius 2 is 2.11 bits per heavy atom. The standard InChI is InChI=1S/C19H15ClN4O4/c1-21-12-4-5-13-14(8-12)18(23-24(19(13)27)10-17(25)26)22-9-11-3-6-16(28-2)15(20)7-11/h3-8H,9-10H2,2H3,(H,22,23)(H,25,26). The van der Waals surface area contributed by atoms with Crippen LogP contribution in [0.25, 0.3) is 15.6 Å². The zero-order valence-electron chi connectivity index (χ0n) is 14.8. The molecule has 0 saturated heterocycles. The molecule has 0 unspecified atom stereocenters. The van der Waals surface area contributed by atoms with Crippen LogP contribution < -0.4 is 15.6 Å². The topological polar surface area (TPSA) is 97.8 Å². The number of anilines is 1. The lowest BCUT2D eigenvalue weighted by atomic mass is 10.1. The Balaban J connectivity index is 2.03. The summed E-state index contributed by atoms with van der Waals surface area (Å²) in [5.74, 6) is -0.335. The van der Waals surface area contributed by atoms with Gasteiger partial charge in [-0.25, -0.2) is 9.53 Å². The summed E-state index contributed by atoms with van der Waals surface area (Å²) < 4.78 is 6.01. The minimum atomic E-state index is -1.18. The normalized spacial score (nSPS) is 10.5. The highest BCUT2D eigenvalue weighted by atomic mass is 35.5. The Hall–Kier alpha value is -3.57. The number of nitrogens with zero attached hydrogens (tertiary/aromatic N) is 3. The molecule has 28 heavy (non-hydrogen) atoms. The number of aliphatic carboxylic acids is 1. The van der Waals surface area contributed by atoms with E-state index in [1.54, 1.807) is 18.2 Å². The van der Waals surface area contributed by atoms with Crippen molar-refractivity contribution in [3.8, 4) is 5.75 Å². The van der Waals surface area contributed by atoms with Crippen LogP contribution in [-0.4, -0.2) is 28.0 Å². The summed E-state index contributed by atoms with van der Waals surface area (Å²) in [4.78, 5) is 26.9. The van der Waals surface area contributed by atoms with E-state index in [2.05, 4.69) is 15.3 Å². The maximum Gasteiger partial charge on any atom is 0.325 e. The van der Waals surface area contributed by atoms with Crippen molar-refractivity contribution in [3.05, 3.63) is 68.8 Å². The second-order valence-corrected chi connectivity index (χ2v) is 6.28. The molecule has 0 spiro atoms. The van der Waals surface area contributed by atoms with E-state index in [-0.39, 0.29) is 5.39 Å². The van der Waals surface area contributed by atoms with Crippen LogP contribution >= 0.6 is 11.6 Å². The highest BCUT2D eigenvalue weighted by Crippen LogP contribution is 2.27. The van der Waals surface area contributed by atoms with Crippen molar-refractivity contribution < 1.29 is 14.6 Å². The Kier molecular flexibility index (Phi) is 5.47. The second-order valence-electron chi connectivity index (χ2n) is 5.87. The first-order valence-electron chi connectivity index (χ1n) is 8.13. The molecule has 3 aromatic rings. The quantitative estimate of drug-likeness (QED) is 0.618. The lowest BCUT2D eigenvalue weighted by molar-refractivity contribution is -0.137. The molecule has 8 nitrogen and oxygen atoms in total. The average Bonchev–Trinajstić information content (AvgIpc) is 2.68. The van der Waals surface area contributed by atoms with E-state index < -0.39 is 18.1 Å². The third-order valence-electron chi connectivity index (χ3n) is 4.03. The molecule has 0 bridgehead atoms. The van der Waals surface area contributed by atoms with Crippen molar-refractivity contribution in [2.45, 2.75) is 13.1 Å². The van der Waals surface area contributed by atoms with E-state index in [1.165, 1.54) is 19.2 Å². The first kappa shape index (κ1) is 19.2. The van der Waals surface area contributed by atoms with Crippen molar-refractivity contribution in [2.24, 2.45) is 0 Å². The Labute approximate surface area is 164 Å². The molecule has 0 aliphatic rings. The number of aromatic nitrogens is 2. The number of hydrogen-bond acceptors (Lipinski definition) is 5. The summed E-state index contributed by atoms with van der Waals surface area (Å²) in [6.07, 6.45) is 0. The maximum absolute atomic E-state index is 12.5. The molecule has 142 valence electrons. The van der Waals surface area contributed by atoms with Gasteiger partial charge in [0.15, 0.2) is 11.5 Å². The number of halogens is 1. The van der Waals surface area contributed by atoms with Gasteiger partial charge in [0.2, 0.25) is 0 Å². The lowest BCUT2D eigenvalue weighted by Crippen LogP contribution is -2.27. The van der Waals surface area contributed by atoms with Gasteiger partial charge in [0, 0.05) is 17.3 Å². The Bertz CT molecular complexity index is 1170. The average molecular weight is 399 g/mol. The van der Waals surface area contributed by atoms with Gasteiger partial charge in [-0.3, -0.25) is 9.59 Å². The summed E-state index contributed by atoms with van der Waals surface area (Å²) in [5, 5.41) is 17.4. The fourth-order valence-corrected chi connectivity index (χ4v) is 3.00. The number of methoxy groups -OCH3 is 1. The number of fused-ring (bicyclic) bond motifs is 1. The molecular weight excluding hydrogens is 384 g/mol. The number of hydrogen-bond donors (Lipinski definition) is 2. The van der Waals surface area contributed by atoms with E-state index in [4.69, 9.17) is 28.0 Å². The molecular formula is C19H15ClN4O4.